The Morgan fingerprint density at radius 1 is 1.16 bits per heavy atom. The van der Waals surface area contributed by atoms with Gasteiger partial charge in [-0.3, -0.25) is 19.6 Å². The van der Waals surface area contributed by atoms with Crippen LogP contribution < -0.4 is 5.32 Å². The maximum Gasteiger partial charge on any atom is 0.223 e. The first-order chi connectivity index (χ1) is 12.1. The van der Waals surface area contributed by atoms with Crippen molar-refractivity contribution in [2.24, 2.45) is 5.92 Å². The van der Waals surface area contributed by atoms with Crippen molar-refractivity contribution in [2.75, 3.05) is 13.1 Å². The maximum atomic E-state index is 12.4. The Kier molecular flexibility index (Phi) is 5.38. The first-order valence-corrected chi connectivity index (χ1v) is 8.52. The fourth-order valence-corrected chi connectivity index (χ4v) is 3.05. The molecule has 6 nitrogen and oxygen atoms in total. The molecule has 0 radical (unpaired) electrons. The SMILES string of the molecule is CC(=O)N1CCC(C(=O)NCc2ccnc(-c3ccncc3)c2)CC1. The topological polar surface area (TPSA) is 75.2 Å². The van der Waals surface area contributed by atoms with Gasteiger partial charge in [0.1, 0.15) is 0 Å². The number of nitrogens with zero attached hydrogens (tertiary/aromatic N) is 3. The van der Waals surface area contributed by atoms with Crippen molar-refractivity contribution in [3.8, 4) is 11.3 Å². The molecule has 1 N–H and O–H groups in total. The summed E-state index contributed by atoms with van der Waals surface area (Å²) in [4.78, 5) is 33.9. The molecular weight excluding hydrogens is 316 g/mol. The maximum absolute atomic E-state index is 12.4. The van der Waals surface area contributed by atoms with Gasteiger partial charge in [0.2, 0.25) is 11.8 Å². The molecule has 2 aromatic heterocycles. The minimum atomic E-state index is -0.0166. The summed E-state index contributed by atoms with van der Waals surface area (Å²) in [6.45, 7) is 3.38. The highest BCUT2D eigenvalue weighted by molar-refractivity contribution is 5.79. The zero-order valence-corrected chi connectivity index (χ0v) is 14.3. The second-order valence-electron chi connectivity index (χ2n) is 6.28. The Labute approximate surface area is 147 Å². The smallest absolute Gasteiger partial charge is 0.223 e. The van der Waals surface area contributed by atoms with E-state index >= 15 is 0 Å². The van der Waals surface area contributed by atoms with E-state index in [1.54, 1.807) is 30.4 Å². The summed E-state index contributed by atoms with van der Waals surface area (Å²) in [6, 6.07) is 7.71. The molecular formula is C19H22N4O2. The van der Waals surface area contributed by atoms with Crippen LogP contribution in [0.5, 0.6) is 0 Å². The summed E-state index contributed by atoms with van der Waals surface area (Å²) >= 11 is 0. The summed E-state index contributed by atoms with van der Waals surface area (Å²) in [6.07, 6.45) is 6.67. The number of hydrogen-bond acceptors (Lipinski definition) is 4. The number of carbonyl (C=O) groups is 2. The van der Waals surface area contributed by atoms with Crippen LogP contribution in [-0.2, 0) is 16.1 Å². The molecule has 0 bridgehead atoms. The Bertz CT molecular complexity index is 740. The molecule has 3 rings (SSSR count). The summed E-state index contributed by atoms with van der Waals surface area (Å²) in [5.74, 6) is 0.127. The van der Waals surface area contributed by atoms with Crippen molar-refractivity contribution in [3.05, 3.63) is 48.4 Å². The molecule has 2 aromatic rings. The predicted octanol–water partition coefficient (Wildman–Crippen LogP) is 2.02. The van der Waals surface area contributed by atoms with E-state index < -0.39 is 0 Å². The molecule has 0 unspecified atom stereocenters. The minimum Gasteiger partial charge on any atom is -0.352 e. The highest BCUT2D eigenvalue weighted by Gasteiger charge is 2.25. The molecule has 0 atom stereocenters. The van der Waals surface area contributed by atoms with Gasteiger partial charge in [-0.15, -0.1) is 0 Å². The van der Waals surface area contributed by atoms with E-state index in [-0.39, 0.29) is 17.7 Å². The average Bonchev–Trinajstić information content (AvgIpc) is 2.67. The third kappa shape index (κ3) is 4.41. The molecule has 0 saturated carbocycles. The number of rotatable bonds is 4. The number of carbonyl (C=O) groups excluding carboxylic acids is 2. The highest BCUT2D eigenvalue weighted by Crippen LogP contribution is 2.19. The van der Waals surface area contributed by atoms with Crippen LogP contribution in [0.25, 0.3) is 11.3 Å². The van der Waals surface area contributed by atoms with Crippen LogP contribution in [0.4, 0.5) is 0 Å². The lowest BCUT2D eigenvalue weighted by Crippen LogP contribution is -2.42. The molecule has 1 fully saturated rings. The van der Waals surface area contributed by atoms with Crippen molar-refractivity contribution in [1.82, 2.24) is 20.2 Å². The van der Waals surface area contributed by atoms with Gasteiger partial charge in [0.05, 0.1) is 5.69 Å². The van der Waals surface area contributed by atoms with Gasteiger partial charge in [-0.25, -0.2) is 0 Å². The monoisotopic (exact) mass is 338 g/mol. The fourth-order valence-electron chi connectivity index (χ4n) is 3.05. The lowest BCUT2D eigenvalue weighted by molar-refractivity contribution is -0.134. The molecule has 1 aliphatic rings. The Hall–Kier alpha value is -2.76. The molecule has 2 amide bonds. The van der Waals surface area contributed by atoms with Gasteiger partial charge in [-0.2, -0.15) is 0 Å². The Balaban J connectivity index is 1.55. The summed E-state index contributed by atoms with van der Waals surface area (Å²) in [7, 11) is 0. The van der Waals surface area contributed by atoms with Crippen molar-refractivity contribution in [2.45, 2.75) is 26.3 Å². The third-order valence-corrected chi connectivity index (χ3v) is 4.58. The van der Waals surface area contributed by atoms with Gasteiger partial charge in [0, 0.05) is 56.6 Å². The van der Waals surface area contributed by atoms with Crippen LogP contribution in [-0.4, -0.2) is 39.8 Å². The van der Waals surface area contributed by atoms with E-state index in [1.807, 2.05) is 24.3 Å². The summed E-state index contributed by atoms with van der Waals surface area (Å²) in [5.41, 5.74) is 2.88. The second-order valence-corrected chi connectivity index (χ2v) is 6.28. The van der Waals surface area contributed by atoms with E-state index in [9.17, 15) is 9.59 Å². The van der Waals surface area contributed by atoms with Gasteiger partial charge in [-0.05, 0) is 42.7 Å². The number of piperidine rings is 1. The third-order valence-electron chi connectivity index (χ3n) is 4.58. The van der Waals surface area contributed by atoms with Crippen molar-refractivity contribution in [3.63, 3.8) is 0 Å². The summed E-state index contributed by atoms with van der Waals surface area (Å²) in [5, 5.41) is 3.01. The van der Waals surface area contributed by atoms with Crippen LogP contribution in [0.2, 0.25) is 0 Å². The first kappa shape index (κ1) is 17.1. The van der Waals surface area contributed by atoms with Crippen molar-refractivity contribution < 1.29 is 9.59 Å². The molecule has 3 heterocycles. The lowest BCUT2D eigenvalue weighted by atomic mass is 9.96. The summed E-state index contributed by atoms with van der Waals surface area (Å²) < 4.78 is 0. The molecule has 1 saturated heterocycles. The van der Waals surface area contributed by atoms with Crippen LogP contribution in [0.1, 0.15) is 25.3 Å². The molecule has 0 aliphatic carbocycles. The second kappa shape index (κ2) is 7.88. The molecule has 0 spiro atoms. The zero-order valence-electron chi connectivity index (χ0n) is 14.3. The minimum absolute atomic E-state index is 0.0166. The van der Waals surface area contributed by atoms with Gasteiger partial charge in [-0.1, -0.05) is 0 Å². The first-order valence-electron chi connectivity index (χ1n) is 8.52. The van der Waals surface area contributed by atoms with Crippen LogP contribution in [0, 0.1) is 5.92 Å². The number of hydrogen-bond donors (Lipinski definition) is 1. The van der Waals surface area contributed by atoms with Gasteiger partial charge in [0.25, 0.3) is 0 Å². The zero-order chi connectivity index (χ0) is 17.6. The molecule has 130 valence electrons. The predicted molar refractivity (Wildman–Crippen MR) is 94.3 cm³/mol. The van der Waals surface area contributed by atoms with E-state index in [1.165, 1.54) is 0 Å². The van der Waals surface area contributed by atoms with E-state index in [0.717, 1.165) is 29.7 Å². The van der Waals surface area contributed by atoms with Crippen molar-refractivity contribution >= 4 is 11.8 Å². The average molecular weight is 338 g/mol. The lowest BCUT2D eigenvalue weighted by Gasteiger charge is -2.30. The number of nitrogens with one attached hydrogen (secondary N) is 1. The molecule has 1 aliphatic heterocycles. The molecule has 0 aromatic carbocycles. The largest absolute Gasteiger partial charge is 0.352 e. The van der Waals surface area contributed by atoms with Gasteiger partial charge < -0.3 is 10.2 Å². The molecule has 25 heavy (non-hydrogen) atoms. The van der Waals surface area contributed by atoms with Gasteiger partial charge in [0.15, 0.2) is 0 Å². The number of pyridine rings is 2. The van der Waals surface area contributed by atoms with Gasteiger partial charge >= 0.3 is 0 Å². The van der Waals surface area contributed by atoms with Crippen LogP contribution in [0.15, 0.2) is 42.9 Å². The highest BCUT2D eigenvalue weighted by atomic mass is 16.2. The fraction of sp³-hybridized carbons (Fsp3) is 0.368. The molecule has 6 heteroatoms. The number of aromatic nitrogens is 2. The number of likely N-dealkylation sites (tertiary alicyclic amines) is 1. The van der Waals surface area contributed by atoms with Crippen LogP contribution >= 0.6 is 0 Å². The van der Waals surface area contributed by atoms with Crippen molar-refractivity contribution in [1.29, 1.82) is 0 Å². The Morgan fingerprint density at radius 3 is 2.56 bits per heavy atom. The van der Waals surface area contributed by atoms with E-state index in [0.29, 0.717) is 19.6 Å². The van der Waals surface area contributed by atoms with E-state index in [4.69, 9.17) is 0 Å². The quantitative estimate of drug-likeness (QED) is 0.925. The number of amides is 2. The van der Waals surface area contributed by atoms with Crippen LogP contribution in [0.3, 0.4) is 0 Å². The Morgan fingerprint density at radius 2 is 1.88 bits per heavy atom. The van der Waals surface area contributed by atoms with E-state index in [2.05, 4.69) is 15.3 Å². The normalized spacial score (nSPS) is 15.0. The standard InChI is InChI=1S/C19H22N4O2/c1-14(24)23-10-5-17(6-11-23)19(25)22-13-15-2-9-21-18(12-15)16-3-7-20-8-4-16/h2-4,7-9,12,17H,5-6,10-11,13H2,1H3,(H,22,25).